The number of ketones is 1. The van der Waals surface area contributed by atoms with E-state index in [1.54, 1.807) is 24.3 Å². The van der Waals surface area contributed by atoms with Crippen molar-refractivity contribution in [2.24, 2.45) is 0 Å². The fourth-order valence-corrected chi connectivity index (χ4v) is 6.93. The predicted molar refractivity (Wildman–Crippen MR) is 133 cm³/mol. The Morgan fingerprint density at radius 3 is 1.71 bits per heavy atom. The largest absolute Gasteiger partial charge is 0.0415 e. The summed E-state index contributed by atoms with van der Waals surface area (Å²) in [5, 5.41) is 0. The van der Waals surface area contributed by atoms with E-state index in [0.717, 1.165) is 38.5 Å². The van der Waals surface area contributed by atoms with Gasteiger partial charge in [-0.15, -0.1) is 0 Å². The molecule has 0 radical (unpaired) electrons. The number of nitrogens with two attached hydrogens (primary N) is 1. The van der Waals surface area contributed by atoms with Crippen LogP contribution in [-0.4, -0.2) is 32.7 Å². The molecule has 0 aliphatic carbocycles. The van der Waals surface area contributed by atoms with Gasteiger partial charge in [0.2, 0.25) is 0 Å². The number of unbranched alkanes of at least 4 members (excludes halogenated alkanes) is 14. The summed E-state index contributed by atoms with van der Waals surface area (Å²) in [7, 11) is -3.19. The zero-order chi connectivity index (χ0) is 25.4. The molecule has 1 fully saturated rings. The van der Waals surface area contributed by atoms with E-state index in [2.05, 4.69) is 0 Å². The Balaban J connectivity index is 1.30. The van der Waals surface area contributed by atoms with Crippen LogP contribution in [0.15, 0.2) is 29.2 Å². The molecule has 0 saturated carbocycles. The molecule has 0 spiro atoms. The van der Waals surface area contributed by atoms with Crippen LogP contribution in [0.1, 0.15) is 103 Å². The summed E-state index contributed by atoms with van der Waals surface area (Å²) in [6, 6.07) is 6.45. The molecule has 1 aromatic carbocycles. The minimum absolute atomic E-state index is 0.0330. The molecule has 1 aliphatic rings. The second-order valence-electron chi connectivity index (χ2n) is 9.58. The van der Waals surface area contributed by atoms with Crippen LogP contribution in [0.4, 0.5) is 5.69 Å². The second kappa shape index (κ2) is 17.5. The molecule has 1 aromatic rings. The third kappa shape index (κ3) is 13.3. The molecule has 1 aliphatic heterocycles. The summed E-state index contributed by atoms with van der Waals surface area (Å²) in [5.41, 5.74) is 6.20. The molecule has 0 bridgehead atoms. The Bertz CT molecular complexity index is 859. The Labute approximate surface area is 218 Å². The van der Waals surface area contributed by atoms with Gasteiger partial charge in [-0.1, -0.05) is 38.5 Å². The fraction of sp³-hybridized carbons (Fsp3) is 0.731. The molecule has 1 unspecified atom stereocenters. The van der Waals surface area contributed by atoms with Crippen molar-refractivity contribution < 1.29 is 41.8 Å². The first-order valence-corrected chi connectivity index (χ1v) is 16.9. The van der Waals surface area contributed by atoms with Crippen LogP contribution in [-0.2, 0) is 43.2 Å². The van der Waals surface area contributed by atoms with Crippen LogP contribution in [0.5, 0.6) is 0 Å². The maximum Gasteiger partial charge on any atom is -0.0379 e. The number of hydrogen-bond acceptors (Lipinski definition) is 7. The van der Waals surface area contributed by atoms with Gasteiger partial charge in [0, 0.05) is 5.69 Å². The van der Waals surface area contributed by atoms with Gasteiger partial charge in [0.25, 0.3) is 0 Å². The molecule has 1 heterocycles. The molecule has 7 nitrogen and oxygen atoms in total. The van der Waals surface area contributed by atoms with Gasteiger partial charge < -0.3 is 5.73 Å². The zero-order valence-corrected chi connectivity index (χ0v) is 23.4. The summed E-state index contributed by atoms with van der Waals surface area (Å²) in [4.78, 5) is 12.3. The number of sulfone groups is 1. The minimum atomic E-state index is -3.19. The van der Waals surface area contributed by atoms with Crippen molar-refractivity contribution in [3.63, 3.8) is 0 Å². The normalized spacial score (nSPS) is 16.1. The van der Waals surface area contributed by atoms with Crippen molar-refractivity contribution in [1.82, 2.24) is 0 Å². The van der Waals surface area contributed by atoms with Gasteiger partial charge >= 0.3 is 110 Å². The molecule has 1 atom stereocenters. The molecule has 1 saturated heterocycles. The number of carbonyl (C=O) groups excluding carboxylic acids is 1. The number of rotatable bonds is 20. The van der Waals surface area contributed by atoms with E-state index in [4.69, 9.17) is 12.4 Å². The SMILES string of the molecule is Nc1ccc(S(=O)(=O)CCCCCCCCCCCCCCCCCC(=O)C2C[O][Ti](=[O])[O]2)cc1. The van der Waals surface area contributed by atoms with Crippen LogP contribution in [0, 0.1) is 0 Å². The summed E-state index contributed by atoms with van der Waals surface area (Å²) in [5.74, 6) is 0.246. The average Bonchev–Trinajstić information content (AvgIpc) is 3.27. The Hall–Kier alpha value is -0.926. The maximum atomic E-state index is 12.3. The van der Waals surface area contributed by atoms with Crippen molar-refractivity contribution in [3.8, 4) is 0 Å². The number of benzene rings is 1. The first-order chi connectivity index (χ1) is 16.9. The molecule has 2 rings (SSSR count). The second-order valence-corrected chi connectivity index (χ2v) is 13.3. The number of anilines is 1. The van der Waals surface area contributed by atoms with Crippen molar-refractivity contribution >= 4 is 21.3 Å². The van der Waals surface area contributed by atoms with Crippen LogP contribution >= 0.6 is 0 Å². The van der Waals surface area contributed by atoms with Crippen LogP contribution < -0.4 is 5.73 Å². The average molecular weight is 546 g/mol. The van der Waals surface area contributed by atoms with E-state index in [1.807, 2.05) is 0 Å². The van der Waals surface area contributed by atoms with E-state index in [1.165, 1.54) is 57.8 Å². The predicted octanol–water partition coefficient (Wildman–Crippen LogP) is 6.06. The van der Waals surface area contributed by atoms with Crippen molar-refractivity contribution in [3.05, 3.63) is 24.3 Å². The molecular formula is C26H43NO6STi. The zero-order valence-electron chi connectivity index (χ0n) is 21.0. The number of carbonyl (C=O) groups is 1. The van der Waals surface area contributed by atoms with E-state index < -0.39 is 34.6 Å². The number of nitrogen functional groups attached to an aromatic ring is 1. The summed E-state index contributed by atoms with van der Waals surface area (Å²) in [6.45, 7) is 0.177. The summed E-state index contributed by atoms with van der Waals surface area (Å²) in [6.07, 6.45) is 17.1. The molecular weight excluding hydrogens is 502 g/mol. The Morgan fingerprint density at radius 1 is 0.800 bits per heavy atom. The molecule has 9 heteroatoms. The van der Waals surface area contributed by atoms with E-state index >= 15 is 0 Å². The topological polar surface area (TPSA) is 113 Å². The van der Waals surface area contributed by atoms with Gasteiger partial charge in [0.1, 0.15) is 0 Å². The van der Waals surface area contributed by atoms with Gasteiger partial charge in [0.05, 0.1) is 10.6 Å². The van der Waals surface area contributed by atoms with Crippen LogP contribution in [0.25, 0.3) is 0 Å². The van der Waals surface area contributed by atoms with Crippen molar-refractivity contribution in [2.45, 2.75) is 114 Å². The van der Waals surface area contributed by atoms with Gasteiger partial charge in [-0.2, -0.15) is 0 Å². The molecule has 0 amide bonds. The number of hydrogen-bond donors (Lipinski definition) is 1. The molecule has 35 heavy (non-hydrogen) atoms. The van der Waals surface area contributed by atoms with E-state index in [-0.39, 0.29) is 18.1 Å². The Morgan fingerprint density at radius 2 is 1.26 bits per heavy atom. The smallest absolute Gasteiger partial charge is 0.0379 e. The summed E-state index contributed by atoms with van der Waals surface area (Å²) >= 11 is -3.00. The molecule has 0 aromatic heterocycles. The Kier molecular flexibility index (Phi) is 15.2. The van der Waals surface area contributed by atoms with Crippen LogP contribution in [0.3, 0.4) is 0 Å². The maximum absolute atomic E-state index is 12.3. The first kappa shape index (κ1) is 30.3. The van der Waals surface area contributed by atoms with Crippen LogP contribution in [0.2, 0.25) is 0 Å². The third-order valence-corrected chi connectivity index (χ3v) is 9.72. The monoisotopic (exact) mass is 545 g/mol. The van der Waals surface area contributed by atoms with E-state index in [9.17, 15) is 16.5 Å². The summed E-state index contributed by atoms with van der Waals surface area (Å²) < 4.78 is 45.6. The van der Waals surface area contributed by atoms with Gasteiger partial charge in [-0.3, -0.25) is 0 Å². The molecule has 2 N–H and O–H groups in total. The van der Waals surface area contributed by atoms with Crippen molar-refractivity contribution in [2.75, 3.05) is 18.1 Å². The minimum Gasteiger partial charge on any atom is -0.0415 e. The first-order valence-electron chi connectivity index (χ1n) is 13.3. The van der Waals surface area contributed by atoms with Gasteiger partial charge in [-0.05, 0) is 30.7 Å². The van der Waals surface area contributed by atoms with Gasteiger partial charge in [0.15, 0.2) is 9.84 Å². The van der Waals surface area contributed by atoms with Gasteiger partial charge in [-0.25, -0.2) is 8.42 Å². The standard InChI is InChI=1S/C26H43NO5S.O.Ti/c27-23-17-19-24(20-18-23)33(31,32)21-15-13-11-9-7-5-3-1-2-4-6-8-10-12-14-16-25(29)26(30)22-28;;/h17-20,26H,1-16,21-22,27H2;;/q-2;;+2. The fourth-order valence-electron chi connectivity index (χ4n) is 4.33. The van der Waals surface area contributed by atoms with Crippen molar-refractivity contribution in [1.29, 1.82) is 0 Å². The third-order valence-electron chi connectivity index (χ3n) is 6.53. The molecule has 198 valence electrons. The number of Topliss-reactive ketones (excluding diaryl/α,β-unsaturated/α-hetero) is 1. The van der Waals surface area contributed by atoms with E-state index in [0.29, 0.717) is 17.0 Å². The quantitative estimate of drug-likeness (QED) is 0.120.